The molecule has 2 aromatic rings. The fourth-order valence-corrected chi connectivity index (χ4v) is 3.92. The summed E-state index contributed by atoms with van der Waals surface area (Å²) in [6.07, 6.45) is 0.299. The molecule has 0 aliphatic carbocycles. The van der Waals surface area contributed by atoms with Gasteiger partial charge in [0.2, 0.25) is 15.9 Å². The molecule has 1 aliphatic heterocycles. The molecule has 0 bridgehead atoms. The average molecular weight is 359 g/mol. The molecule has 1 aliphatic rings. The van der Waals surface area contributed by atoms with E-state index in [1.807, 2.05) is 6.07 Å². The van der Waals surface area contributed by atoms with Gasteiger partial charge in [0.25, 0.3) is 0 Å². The molecule has 1 saturated heterocycles. The third kappa shape index (κ3) is 3.52. The smallest absolute Gasteiger partial charge is 0.245 e. The second kappa shape index (κ2) is 6.63. The molecule has 25 heavy (non-hydrogen) atoms. The Hall–Kier alpha value is -2.76. The van der Waals surface area contributed by atoms with E-state index in [1.54, 1.807) is 0 Å². The first-order valence-corrected chi connectivity index (χ1v) is 8.98. The van der Waals surface area contributed by atoms with E-state index in [2.05, 4.69) is 4.72 Å². The summed E-state index contributed by atoms with van der Waals surface area (Å²) < 4.78 is 40.3. The summed E-state index contributed by atoms with van der Waals surface area (Å²) in [5.41, 5.74) is 0.730. The minimum absolute atomic E-state index is 0.0698. The highest BCUT2D eigenvalue weighted by Gasteiger charge is 2.35. The Morgan fingerprint density at radius 3 is 2.60 bits per heavy atom. The maximum Gasteiger partial charge on any atom is 0.245 e. The van der Waals surface area contributed by atoms with Crippen LogP contribution >= 0.6 is 0 Å². The zero-order valence-corrected chi connectivity index (χ0v) is 13.8. The number of hydrogen-bond acceptors (Lipinski definition) is 4. The highest BCUT2D eigenvalue weighted by atomic mass is 32.2. The first-order chi connectivity index (χ1) is 11.9. The number of nitriles is 1. The number of nitrogens with one attached hydrogen (secondary N) is 1. The number of halogens is 1. The van der Waals surface area contributed by atoms with Gasteiger partial charge >= 0.3 is 0 Å². The van der Waals surface area contributed by atoms with Crippen molar-refractivity contribution in [3.8, 4) is 6.07 Å². The van der Waals surface area contributed by atoms with E-state index in [1.165, 1.54) is 53.4 Å². The molecule has 1 N–H and O–H groups in total. The lowest BCUT2D eigenvalue weighted by atomic mass is 10.2. The van der Waals surface area contributed by atoms with Crippen LogP contribution in [0.1, 0.15) is 12.0 Å². The minimum atomic E-state index is -3.93. The fraction of sp³-hybridized carbons (Fsp3) is 0.176. The summed E-state index contributed by atoms with van der Waals surface area (Å²) in [6, 6.07) is 12.0. The normalized spacial score (nSPS) is 17.5. The molecule has 1 amide bonds. The maximum atomic E-state index is 13.0. The number of benzene rings is 2. The number of amides is 1. The Bertz CT molecular complexity index is 952. The van der Waals surface area contributed by atoms with Crippen molar-refractivity contribution >= 4 is 21.6 Å². The number of hydrogen-bond donors (Lipinski definition) is 1. The molecule has 6 nitrogen and oxygen atoms in total. The zero-order chi connectivity index (χ0) is 18.0. The van der Waals surface area contributed by atoms with Gasteiger partial charge in [-0.25, -0.2) is 12.8 Å². The molecule has 8 heteroatoms. The van der Waals surface area contributed by atoms with Crippen LogP contribution in [0.15, 0.2) is 53.4 Å². The van der Waals surface area contributed by atoms with Gasteiger partial charge in [0.1, 0.15) is 11.9 Å². The van der Waals surface area contributed by atoms with Crippen molar-refractivity contribution in [1.82, 2.24) is 4.72 Å². The second-order valence-corrected chi connectivity index (χ2v) is 7.28. The lowest BCUT2D eigenvalue weighted by molar-refractivity contribution is -0.118. The summed E-state index contributed by atoms with van der Waals surface area (Å²) >= 11 is 0. The molecular formula is C17H14FN3O3S. The van der Waals surface area contributed by atoms with Crippen LogP contribution in [-0.2, 0) is 14.8 Å². The van der Waals surface area contributed by atoms with Crippen LogP contribution in [0.3, 0.4) is 0 Å². The van der Waals surface area contributed by atoms with Crippen molar-refractivity contribution < 1.29 is 17.6 Å². The van der Waals surface area contributed by atoms with E-state index in [0.717, 1.165) is 0 Å². The van der Waals surface area contributed by atoms with Gasteiger partial charge in [-0.3, -0.25) is 4.79 Å². The van der Waals surface area contributed by atoms with Gasteiger partial charge in [-0.15, -0.1) is 0 Å². The Kier molecular flexibility index (Phi) is 4.53. The quantitative estimate of drug-likeness (QED) is 0.901. The zero-order valence-electron chi connectivity index (χ0n) is 13.0. The van der Waals surface area contributed by atoms with E-state index in [9.17, 15) is 17.6 Å². The summed E-state index contributed by atoms with van der Waals surface area (Å²) in [6.45, 7) is 0.329. The van der Waals surface area contributed by atoms with E-state index in [-0.39, 0.29) is 10.5 Å². The lowest BCUT2D eigenvalue weighted by Gasteiger charge is -2.17. The van der Waals surface area contributed by atoms with Crippen molar-refractivity contribution in [3.05, 3.63) is 59.9 Å². The molecule has 0 saturated carbocycles. The largest absolute Gasteiger partial charge is 0.311 e. The molecule has 0 aromatic heterocycles. The Morgan fingerprint density at radius 1 is 1.20 bits per heavy atom. The van der Waals surface area contributed by atoms with Crippen LogP contribution in [-0.4, -0.2) is 26.9 Å². The van der Waals surface area contributed by atoms with E-state index in [4.69, 9.17) is 5.26 Å². The van der Waals surface area contributed by atoms with E-state index < -0.39 is 27.8 Å². The fourth-order valence-electron chi connectivity index (χ4n) is 2.65. The van der Waals surface area contributed by atoms with Gasteiger partial charge in [0.05, 0.1) is 16.5 Å². The SMILES string of the molecule is N#Cc1cccc(S(=O)(=O)N[C@@H]2CCN(c3ccc(F)cc3)C2=O)c1. The van der Waals surface area contributed by atoms with Gasteiger partial charge in [-0.05, 0) is 48.9 Å². The lowest BCUT2D eigenvalue weighted by Crippen LogP contribution is -2.41. The number of nitrogens with zero attached hydrogens (tertiary/aromatic N) is 2. The molecule has 1 heterocycles. The standard InChI is InChI=1S/C17H14FN3O3S/c18-13-4-6-14(7-5-13)21-9-8-16(17(21)22)20-25(23,24)15-3-1-2-12(10-15)11-19/h1-7,10,16,20H,8-9H2/t16-/m1/s1. The number of anilines is 1. The predicted molar refractivity (Wildman–Crippen MR) is 88.6 cm³/mol. The van der Waals surface area contributed by atoms with Crippen molar-refractivity contribution in [2.75, 3.05) is 11.4 Å². The molecule has 0 unspecified atom stereocenters. The Labute approximate surface area is 144 Å². The summed E-state index contributed by atoms with van der Waals surface area (Å²) in [5.74, 6) is -0.809. The highest BCUT2D eigenvalue weighted by Crippen LogP contribution is 2.23. The molecule has 128 valence electrons. The summed E-state index contributed by atoms with van der Waals surface area (Å²) in [4.78, 5) is 13.8. The Morgan fingerprint density at radius 2 is 1.92 bits per heavy atom. The molecule has 1 atom stereocenters. The van der Waals surface area contributed by atoms with Gasteiger partial charge in [0.15, 0.2) is 0 Å². The van der Waals surface area contributed by atoms with Crippen molar-refractivity contribution in [3.63, 3.8) is 0 Å². The van der Waals surface area contributed by atoms with Gasteiger partial charge in [0, 0.05) is 12.2 Å². The van der Waals surface area contributed by atoms with Crippen LogP contribution in [0, 0.1) is 17.1 Å². The number of carbonyl (C=O) groups excluding carboxylic acids is 1. The monoisotopic (exact) mass is 359 g/mol. The minimum Gasteiger partial charge on any atom is -0.311 e. The van der Waals surface area contributed by atoms with Crippen molar-refractivity contribution in [2.24, 2.45) is 0 Å². The highest BCUT2D eigenvalue weighted by molar-refractivity contribution is 7.89. The van der Waals surface area contributed by atoms with Crippen molar-refractivity contribution in [2.45, 2.75) is 17.4 Å². The molecular weight excluding hydrogens is 345 g/mol. The average Bonchev–Trinajstić information content (AvgIpc) is 2.96. The van der Waals surface area contributed by atoms with Gasteiger partial charge < -0.3 is 4.90 Å². The molecule has 2 aromatic carbocycles. The van der Waals surface area contributed by atoms with Crippen LogP contribution in [0.25, 0.3) is 0 Å². The van der Waals surface area contributed by atoms with Gasteiger partial charge in [-0.1, -0.05) is 6.07 Å². The van der Waals surface area contributed by atoms with Crippen LogP contribution in [0.2, 0.25) is 0 Å². The first-order valence-electron chi connectivity index (χ1n) is 7.50. The first kappa shape index (κ1) is 17.1. The Balaban J connectivity index is 1.78. The van der Waals surface area contributed by atoms with Crippen LogP contribution in [0.5, 0.6) is 0 Å². The van der Waals surface area contributed by atoms with E-state index in [0.29, 0.717) is 18.7 Å². The van der Waals surface area contributed by atoms with Crippen molar-refractivity contribution in [1.29, 1.82) is 5.26 Å². The molecule has 3 rings (SSSR count). The second-order valence-electron chi connectivity index (χ2n) is 5.57. The maximum absolute atomic E-state index is 13.0. The topological polar surface area (TPSA) is 90.3 Å². The number of carbonyl (C=O) groups is 1. The molecule has 1 fully saturated rings. The number of sulfonamides is 1. The third-order valence-electron chi connectivity index (χ3n) is 3.91. The molecule has 0 radical (unpaired) electrons. The predicted octanol–water partition coefficient (Wildman–Crippen LogP) is 1.78. The van der Waals surface area contributed by atoms with Crippen LogP contribution < -0.4 is 9.62 Å². The number of rotatable bonds is 4. The van der Waals surface area contributed by atoms with Gasteiger partial charge in [-0.2, -0.15) is 9.98 Å². The molecule has 0 spiro atoms. The van der Waals surface area contributed by atoms with Crippen LogP contribution in [0.4, 0.5) is 10.1 Å². The van der Waals surface area contributed by atoms with E-state index >= 15 is 0 Å². The summed E-state index contributed by atoms with van der Waals surface area (Å²) in [7, 11) is -3.93. The third-order valence-corrected chi connectivity index (χ3v) is 5.38. The summed E-state index contributed by atoms with van der Waals surface area (Å²) in [5, 5.41) is 8.88.